The predicted octanol–water partition coefficient (Wildman–Crippen LogP) is 5.71. The molecule has 4 rings (SSSR count). The molecule has 1 aromatic heterocycles. The third-order valence-electron chi connectivity index (χ3n) is 6.76. The molecule has 2 aliphatic rings. The lowest BCUT2D eigenvalue weighted by Crippen LogP contribution is -2.39. The molecule has 5 atom stereocenters. The number of nitrogens with one attached hydrogen (secondary N) is 1. The molecule has 0 unspecified atom stereocenters. The van der Waals surface area contributed by atoms with Crippen molar-refractivity contribution in [2.45, 2.75) is 44.4 Å². The Morgan fingerprint density at radius 3 is 2.73 bits per heavy atom. The summed E-state index contributed by atoms with van der Waals surface area (Å²) in [5.74, 6) is 1.07. The van der Waals surface area contributed by atoms with Crippen LogP contribution >= 0.6 is 10.8 Å². The second-order valence-corrected chi connectivity index (χ2v) is 10.5. The largest absolute Gasteiger partial charge is 0.285 e. The summed E-state index contributed by atoms with van der Waals surface area (Å²) in [5.41, 5.74) is 3.33. The lowest BCUT2D eigenvalue weighted by atomic mass is 9.68. The fourth-order valence-electron chi connectivity index (χ4n) is 5.27. The smallest absolute Gasteiger partial charge is 0.0998 e. The van der Waals surface area contributed by atoms with E-state index in [1.54, 1.807) is 0 Å². The van der Waals surface area contributed by atoms with Gasteiger partial charge in [0.1, 0.15) is 0 Å². The van der Waals surface area contributed by atoms with Gasteiger partial charge < -0.3 is 0 Å². The van der Waals surface area contributed by atoms with Crippen LogP contribution in [0.5, 0.6) is 0 Å². The van der Waals surface area contributed by atoms with Gasteiger partial charge in [0.2, 0.25) is 0 Å². The van der Waals surface area contributed by atoms with Gasteiger partial charge in [0.15, 0.2) is 0 Å². The van der Waals surface area contributed by atoms with Crippen LogP contribution in [0.4, 0.5) is 0 Å². The van der Waals surface area contributed by atoms with E-state index < -0.39 is 10.8 Å². The Balaban J connectivity index is 1.57. The molecule has 0 amide bonds. The van der Waals surface area contributed by atoms with Crippen LogP contribution in [0.3, 0.4) is 0 Å². The van der Waals surface area contributed by atoms with Gasteiger partial charge in [-0.15, -0.1) is 10.8 Å². The maximum Gasteiger partial charge on any atom is 0.0998 e. The Bertz CT molecular complexity index is 967. The fraction of sp³-hybridized carbons (Fsp3) is 0.417. The van der Waals surface area contributed by atoms with Gasteiger partial charge in [-0.25, -0.2) is 4.72 Å². The second kappa shape index (κ2) is 8.52. The van der Waals surface area contributed by atoms with E-state index in [9.17, 15) is 14.4 Å². The molecule has 6 heteroatoms. The summed E-state index contributed by atoms with van der Waals surface area (Å²) in [5, 5.41) is 9.26. The molecule has 0 spiro atoms. The number of rotatable bonds is 4. The van der Waals surface area contributed by atoms with Gasteiger partial charge in [-0.2, -0.15) is 5.26 Å². The summed E-state index contributed by atoms with van der Waals surface area (Å²) >= 11 is 0. The van der Waals surface area contributed by atoms with Crippen LogP contribution in [0.1, 0.15) is 44.4 Å². The molecule has 1 saturated carbocycles. The van der Waals surface area contributed by atoms with Crippen LogP contribution in [0.25, 0.3) is 17.2 Å². The van der Waals surface area contributed by atoms with Gasteiger partial charge in [-0.05, 0) is 49.8 Å². The Kier molecular flexibility index (Phi) is 5.99. The van der Waals surface area contributed by atoms with Crippen LogP contribution in [0, 0.1) is 29.1 Å². The Labute approximate surface area is 180 Å². The van der Waals surface area contributed by atoms with Crippen LogP contribution in [0.15, 0.2) is 48.7 Å². The minimum Gasteiger partial charge on any atom is -0.285 e. The van der Waals surface area contributed by atoms with Gasteiger partial charge in [0.25, 0.3) is 0 Å². The average molecular weight is 424 g/mol. The molecule has 30 heavy (non-hydrogen) atoms. The van der Waals surface area contributed by atoms with Crippen molar-refractivity contribution in [3.8, 4) is 17.2 Å². The number of aromatic nitrogens is 1. The first-order valence-electron chi connectivity index (χ1n) is 10.6. The number of nitrogens with zero attached hydrogens (tertiary/aromatic N) is 2. The average Bonchev–Trinajstić information content (AvgIpc) is 3.00. The minimum absolute atomic E-state index is 0.0669. The zero-order valence-corrected chi connectivity index (χ0v) is 18.2. The molecular formula is C24H29N3O2S. The van der Waals surface area contributed by atoms with Crippen molar-refractivity contribution in [1.29, 1.82) is 5.26 Å². The molecule has 2 aromatic rings. The zero-order valence-electron chi connectivity index (χ0n) is 17.4. The number of fused-ring (bicyclic) bond motifs is 1. The maximum atomic E-state index is 10.5. The minimum atomic E-state index is -2.71. The first-order chi connectivity index (χ1) is 14.4. The molecule has 1 aliphatic heterocycles. The first-order valence-corrected chi connectivity index (χ1v) is 12.2. The van der Waals surface area contributed by atoms with E-state index >= 15 is 0 Å². The molecule has 5 nitrogen and oxygen atoms in total. The molecule has 158 valence electrons. The molecule has 0 bridgehead atoms. The highest BCUT2D eigenvalue weighted by Gasteiger charge is 2.51. The van der Waals surface area contributed by atoms with E-state index in [1.807, 2.05) is 42.6 Å². The number of hydrogen-bond acceptors (Lipinski definition) is 5. The highest BCUT2D eigenvalue weighted by molar-refractivity contribution is 8.23. The molecular weight excluding hydrogens is 394 g/mol. The van der Waals surface area contributed by atoms with E-state index in [0.717, 1.165) is 36.1 Å². The van der Waals surface area contributed by atoms with Crippen molar-refractivity contribution in [2.24, 2.45) is 17.8 Å². The van der Waals surface area contributed by atoms with Gasteiger partial charge >= 0.3 is 0 Å². The highest BCUT2D eigenvalue weighted by atomic mass is 32.3. The normalized spacial score (nSPS) is 31.2. The quantitative estimate of drug-likeness (QED) is 0.586. The van der Waals surface area contributed by atoms with Crippen molar-refractivity contribution >= 4 is 16.9 Å². The van der Waals surface area contributed by atoms with Crippen LogP contribution < -0.4 is 4.72 Å². The molecule has 2 fully saturated rings. The topological polar surface area (TPSA) is 89.2 Å². The van der Waals surface area contributed by atoms with Crippen LogP contribution in [0.2, 0.25) is 0 Å². The van der Waals surface area contributed by atoms with Gasteiger partial charge in [-0.3, -0.25) is 14.1 Å². The Hall–Kier alpha value is -2.17. The highest BCUT2D eigenvalue weighted by Crippen LogP contribution is 2.59. The van der Waals surface area contributed by atoms with Crippen molar-refractivity contribution < 1.29 is 9.11 Å². The molecule has 2 heterocycles. The Morgan fingerprint density at radius 1 is 1.23 bits per heavy atom. The number of allylic oxidation sites excluding steroid dienone is 1. The third-order valence-corrected chi connectivity index (χ3v) is 8.87. The number of nitriles is 1. The summed E-state index contributed by atoms with van der Waals surface area (Å²) in [7, 11) is -2.71. The van der Waals surface area contributed by atoms with Gasteiger partial charge in [0, 0.05) is 29.3 Å². The monoisotopic (exact) mass is 423 g/mol. The summed E-state index contributed by atoms with van der Waals surface area (Å²) in [4.78, 5) is 4.59. The van der Waals surface area contributed by atoms with Crippen molar-refractivity contribution in [2.75, 3.05) is 0 Å². The molecule has 3 N–H and O–H groups in total. The maximum absolute atomic E-state index is 10.5. The number of benzene rings is 1. The van der Waals surface area contributed by atoms with Gasteiger partial charge in [0.05, 0.1) is 22.6 Å². The van der Waals surface area contributed by atoms with E-state index in [-0.39, 0.29) is 17.2 Å². The van der Waals surface area contributed by atoms with Crippen molar-refractivity contribution in [3.05, 3.63) is 59.9 Å². The molecule has 1 aromatic carbocycles. The zero-order chi connectivity index (χ0) is 21.3. The predicted molar refractivity (Wildman–Crippen MR) is 123 cm³/mol. The van der Waals surface area contributed by atoms with Crippen LogP contribution in [-0.2, 0) is 0 Å². The Morgan fingerprint density at radius 2 is 2.03 bits per heavy atom. The van der Waals surface area contributed by atoms with E-state index in [0.29, 0.717) is 17.4 Å². The standard InChI is InChI=1S/C24H29N3O2S/c1-3-17-9-13-23-24(16(2)27-30(23,28)29)22(17)12-11-20-10-8-19(15-26-20)21-7-5-4-6-18(21)14-25/h4-8,10-12,15-17,22-24,27-29H,3,9,13H2,1-2H3/t16-,17-,22+,23-,24+/m1/s1. The molecule has 1 aliphatic carbocycles. The lowest BCUT2D eigenvalue weighted by Gasteiger charge is -2.43. The summed E-state index contributed by atoms with van der Waals surface area (Å²) < 4.78 is 24.0. The van der Waals surface area contributed by atoms with E-state index in [1.165, 1.54) is 0 Å². The summed E-state index contributed by atoms with van der Waals surface area (Å²) in [6.07, 6.45) is 9.09. The fourth-order valence-corrected chi connectivity index (χ4v) is 7.47. The molecule has 0 radical (unpaired) electrons. The molecule has 1 saturated heterocycles. The van der Waals surface area contributed by atoms with E-state index in [2.05, 4.69) is 41.8 Å². The third kappa shape index (κ3) is 3.91. The van der Waals surface area contributed by atoms with Crippen molar-refractivity contribution in [3.63, 3.8) is 0 Å². The summed E-state index contributed by atoms with van der Waals surface area (Å²) in [6, 6.07) is 13.8. The number of pyridine rings is 1. The first kappa shape index (κ1) is 21.1. The SMILES string of the molecule is CC[C@@H]1CC[C@@H]2[C@H]([C@H]1C=Cc1ccc(-c3ccccc3C#N)cn1)[C@@H](C)NS2(O)O. The lowest BCUT2D eigenvalue weighted by molar-refractivity contribution is 0.181. The van der Waals surface area contributed by atoms with Crippen LogP contribution in [-0.4, -0.2) is 25.4 Å². The van der Waals surface area contributed by atoms with Gasteiger partial charge in [-0.1, -0.05) is 43.7 Å². The second-order valence-electron chi connectivity index (χ2n) is 8.43. The number of hydrogen-bond donors (Lipinski definition) is 3. The van der Waals surface area contributed by atoms with Crippen molar-refractivity contribution in [1.82, 2.24) is 9.71 Å². The van der Waals surface area contributed by atoms with E-state index in [4.69, 9.17) is 0 Å². The summed E-state index contributed by atoms with van der Waals surface area (Å²) in [6.45, 7) is 4.29.